The van der Waals surface area contributed by atoms with Crippen LogP contribution in [0.1, 0.15) is 17.5 Å². The molecule has 4 heterocycles. The third kappa shape index (κ3) is 3.90. The number of hydrogen-bond donors (Lipinski definition) is 0. The molecule has 2 aliphatic rings. The minimum atomic E-state index is 0.0717. The van der Waals surface area contributed by atoms with Crippen LogP contribution in [-0.4, -0.2) is 37.4 Å². The summed E-state index contributed by atoms with van der Waals surface area (Å²) in [6.45, 7) is 4.49. The second-order valence-electron chi connectivity index (χ2n) is 8.40. The molecule has 2 aromatic carbocycles. The highest BCUT2D eigenvalue weighted by molar-refractivity contribution is 7.17. The van der Waals surface area contributed by atoms with Crippen molar-refractivity contribution in [3.8, 4) is 22.6 Å². The van der Waals surface area contributed by atoms with E-state index >= 15 is 0 Å². The Morgan fingerprint density at radius 2 is 2.09 bits per heavy atom. The number of nitrogens with zero attached hydrogens (tertiary/aromatic N) is 1. The van der Waals surface area contributed by atoms with Crippen LogP contribution in [0.15, 0.2) is 64.8 Å². The number of ether oxygens (including phenoxy) is 3. The Morgan fingerprint density at radius 3 is 2.97 bits per heavy atom. The van der Waals surface area contributed by atoms with Crippen LogP contribution in [0.4, 0.5) is 0 Å². The minimum absolute atomic E-state index is 0.0717. The minimum Gasteiger partial charge on any atom is -0.488 e. The van der Waals surface area contributed by atoms with E-state index in [1.165, 1.54) is 26.8 Å². The van der Waals surface area contributed by atoms with Gasteiger partial charge in [0.05, 0.1) is 25.7 Å². The van der Waals surface area contributed by atoms with Gasteiger partial charge in [0.25, 0.3) is 0 Å². The monoisotopic (exact) mass is 447 g/mol. The molecule has 0 N–H and O–H groups in total. The Kier molecular flexibility index (Phi) is 5.35. The Bertz CT molecular complexity index is 1210. The number of rotatable bonds is 5. The molecular weight excluding hydrogens is 422 g/mol. The summed E-state index contributed by atoms with van der Waals surface area (Å²) < 4.78 is 24.8. The molecule has 32 heavy (non-hydrogen) atoms. The predicted molar refractivity (Wildman–Crippen MR) is 125 cm³/mol. The molecular formula is C26H25NO4S. The molecule has 0 unspecified atom stereocenters. The number of furan rings is 1. The lowest BCUT2D eigenvalue weighted by molar-refractivity contribution is 0.137. The van der Waals surface area contributed by atoms with Gasteiger partial charge in [-0.3, -0.25) is 4.90 Å². The maximum atomic E-state index is 6.44. The molecule has 5 nitrogen and oxygen atoms in total. The Hall–Kier alpha value is -2.80. The lowest BCUT2D eigenvalue weighted by Crippen LogP contribution is -2.25. The summed E-state index contributed by atoms with van der Waals surface area (Å²) in [5, 5.41) is 3.52. The van der Waals surface area contributed by atoms with Crippen molar-refractivity contribution in [1.82, 2.24) is 4.90 Å². The van der Waals surface area contributed by atoms with Gasteiger partial charge in [-0.05, 0) is 35.2 Å². The van der Waals surface area contributed by atoms with Crippen molar-refractivity contribution >= 4 is 21.4 Å². The van der Waals surface area contributed by atoms with Crippen molar-refractivity contribution in [2.45, 2.75) is 25.6 Å². The highest BCUT2D eigenvalue weighted by Gasteiger charge is 2.25. The molecule has 164 valence electrons. The van der Waals surface area contributed by atoms with Crippen LogP contribution < -0.4 is 9.47 Å². The highest BCUT2D eigenvalue weighted by Crippen LogP contribution is 2.42. The summed E-state index contributed by atoms with van der Waals surface area (Å²) in [4.78, 5) is 2.40. The van der Waals surface area contributed by atoms with E-state index in [2.05, 4.69) is 46.7 Å². The second-order valence-corrected chi connectivity index (χ2v) is 9.31. The molecule has 4 aromatic rings. The largest absolute Gasteiger partial charge is 0.488 e. The fraction of sp³-hybridized carbons (Fsp3) is 0.308. The molecule has 0 saturated carbocycles. The van der Waals surface area contributed by atoms with Crippen LogP contribution in [0.3, 0.4) is 0 Å². The molecule has 2 aromatic heterocycles. The van der Waals surface area contributed by atoms with Crippen molar-refractivity contribution in [3.05, 3.63) is 71.5 Å². The SMILES string of the molecule is c1ccc2c(-c3cc4c(c(O[C@@H]5CCOC5)c3)OCCN(Cc3ccoc3)C4)csc2c1. The number of hydrogen-bond acceptors (Lipinski definition) is 6. The van der Waals surface area contributed by atoms with Gasteiger partial charge in [-0.2, -0.15) is 0 Å². The van der Waals surface area contributed by atoms with E-state index in [9.17, 15) is 0 Å². The molecule has 1 saturated heterocycles. The van der Waals surface area contributed by atoms with E-state index in [-0.39, 0.29) is 6.10 Å². The first-order chi connectivity index (χ1) is 15.8. The molecule has 0 radical (unpaired) electrons. The average molecular weight is 448 g/mol. The maximum absolute atomic E-state index is 6.44. The first-order valence-electron chi connectivity index (χ1n) is 11.1. The zero-order valence-corrected chi connectivity index (χ0v) is 18.6. The third-order valence-electron chi connectivity index (χ3n) is 6.14. The van der Waals surface area contributed by atoms with E-state index in [0.29, 0.717) is 13.2 Å². The molecule has 1 atom stereocenters. The van der Waals surface area contributed by atoms with E-state index < -0.39 is 0 Å². The summed E-state index contributed by atoms with van der Waals surface area (Å²) in [5.41, 5.74) is 4.75. The molecule has 1 fully saturated rings. The Balaban J connectivity index is 1.41. The lowest BCUT2D eigenvalue weighted by Gasteiger charge is -2.20. The van der Waals surface area contributed by atoms with E-state index in [0.717, 1.165) is 49.7 Å². The third-order valence-corrected chi connectivity index (χ3v) is 7.10. The summed E-state index contributed by atoms with van der Waals surface area (Å²) in [6, 6.07) is 15.0. The second kappa shape index (κ2) is 8.62. The molecule has 2 aliphatic heterocycles. The van der Waals surface area contributed by atoms with Crippen molar-refractivity contribution in [3.63, 3.8) is 0 Å². The van der Waals surface area contributed by atoms with Gasteiger partial charge in [0.2, 0.25) is 0 Å². The standard InChI is InChI=1S/C26H25NO4S/c1-2-4-25-22(3-1)23(17-32-25)19-11-20-14-27(13-18-5-8-28-15-18)7-10-30-26(20)24(12-19)31-21-6-9-29-16-21/h1-5,8,11-12,15,17,21H,6-7,9-10,13-14,16H2/t21-/m1/s1. The molecule has 0 spiro atoms. The van der Waals surface area contributed by atoms with Crippen molar-refractivity contribution in [1.29, 1.82) is 0 Å². The van der Waals surface area contributed by atoms with E-state index in [4.69, 9.17) is 18.6 Å². The van der Waals surface area contributed by atoms with Crippen LogP contribution in [0, 0.1) is 0 Å². The van der Waals surface area contributed by atoms with Crippen LogP contribution in [-0.2, 0) is 17.8 Å². The summed E-state index contributed by atoms with van der Waals surface area (Å²) in [7, 11) is 0. The normalized spacial score (nSPS) is 18.9. The zero-order chi connectivity index (χ0) is 21.3. The molecule has 0 amide bonds. The molecule has 6 heteroatoms. The predicted octanol–water partition coefficient (Wildman–Crippen LogP) is 5.72. The topological polar surface area (TPSA) is 44.1 Å². The first kappa shape index (κ1) is 19.9. The smallest absolute Gasteiger partial charge is 0.165 e. The van der Waals surface area contributed by atoms with Crippen molar-refractivity contribution in [2.75, 3.05) is 26.4 Å². The fourth-order valence-electron chi connectivity index (χ4n) is 4.54. The van der Waals surface area contributed by atoms with Crippen molar-refractivity contribution < 1.29 is 18.6 Å². The molecule has 0 aliphatic carbocycles. The summed E-state index contributed by atoms with van der Waals surface area (Å²) in [6.07, 6.45) is 4.53. The van der Waals surface area contributed by atoms with E-state index in [1.54, 1.807) is 17.6 Å². The van der Waals surface area contributed by atoms with Gasteiger partial charge in [0.15, 0.2) is 11.5 Å². The highest BCUT2D eigenvalue weighted by atomic mass is 32.1. The van der Waals surface area contributed by atoms with Gasteiger partial charge in [0, 0.05) is 52.8 Å². The van der Waals surface area contributed by atoms with Crippen LogP contribution in [0.2, 0.25) is 0 Å². The van der Waals surface area contributed by atoms with Crippen LogP contribution in [0.25, 0.3) is 21.2 Å². The zero-order valence-electron chi connectivity index (χ0n) is 17.8. The van der Waals surface area contributed by atoms with Gasteiger partial charge in [-0.1, -0.05) is 18.2 Å². The van der Waals surface area contributed by atoms with Crippen molar-refractivity contribution in [2.24, 2.45) is 0 Å². The van der Waals surface area contributed by atoms with E-state index in [1.807, 2.05) is 12.3 Å². The average Bonchev–Trinajstić information content (AvgIpc) is 3.55. The molecule has 6 rings (SSSR count). The number of benzene rings is 2. The number of thiophene rings is 1. The maximum Gasteiger partial charge on any atom is 0.165 e. The number of fused-ring (bicyclic) bond motifs is 2. The fourth-order valence-corrected chi connectivity index (χ4v) is 5.51. The molecule has 0 bridgehead atoms. The summed E-state index contributed by atoms with van der Waals surface area (Å²) in [5.74, 6) is 1.70. The Labute approximate surface area is 191 Å². The quantitative estimate of drug-likeness (QED) is 0.391. The van der Waals surface area contributed by atoms with Gasteiger partial charge < -0.3 is 18.6 Å². The van der Waals surface area contributed by atoms with Gasteiger partial charge >= 0.3 is 0 Å². The summed E-state index contributed by atoms with van der Waals surface area (Å²) >= 11 is 1.78. The van der Waals surface area contributed by atoms with Crippen LogP contribution >= 0.6 is 11.3 Å². The lowest BCUT2D eigenvalue weighted by atomic mass is 10.0. The van der Waals surface area contributed by atoms with Gasteiger partial charge in [-0.25, -0.2) is 0 Å². The van der Waals surface area contributed by atoms with Gasteiger partial charge in [0.1, 0.15) is 12.7 Å². The first-order valence-corrected chi connectivity index (χ1v) is 12.0. The Morgan fingerprint density at radius 1 is 1.12 bits per heavy atom. The van der Waals surface area contributed by atoms with Gasteiger partial charge in [-0.15, -0.1) is 11.3 Å². The van der Waals surface area contributed by atoms with Crippen LogP contribution in [0.5, 0.6) is 11.5 Å².